The molecule has 0 unspecified atom stereocenters. The van der Waals surface area contributed by atoms with Gasteiger partial charge in [-0.2, -0.15) is 8.42 Å². The molecule has 2 aromatic rings. The molecule has 0 aliphatic rings. The van der Waals surface area contributed by atoms with Crippen molar-refractivity contribution in [1.29, 1.82) is 0 Å². The Morgan fingerprint density at radius 2 is 2.00 bits per heavy atom. The molecule has 9 heteroatoms. The summed E-state index contributed by atoms with van der Waals surface area (Å²) in [7, 11) is -4.74. The summed E-state index contributed by atoms with van der Waals surface area (Å²) in [5.74, 6) is -0.610. The van der Waals surface area contributed by atoms with Crippen molar-refractivity contribution in [2.24, 2.45) is 0 Å². The van der Waals surface area contributed by atoms with E-state index < -0.39 is 21.1 Å². The zero-order valence-electron chi connectivity index (χ0n) is 10.4. The van der Waals surface area contributed by atoms with Crippen molar-refractivity contribution in [3.05, 3.63) is 36.2 Å². The third-order valence-corrected chi connectivity index (χ3v) is 3.20. The SMILES string of the molecule is CCOC(=O)c1cn(-c2ccc(S(=O)(=O)F)cc2)nn1. The van der Waals surface area contributed by atoms with Crippen LogP contribution in [0.15, 0.2) is 35.4 Å². The Labute approximate surface area is 114 Å². The van der Waals surface area contributed by atoms with E-state index in [1.54, 1.807) is 6.92 Å². The number of rotatable bonds is 4. The minimum atomic E-state index is -4.74. The van der Waals surface area contributed by atoms with Crippen LogP contribution >= 0.6 is 0 Å². The zero-order chi connectivity index (χ0) is 14.8. The van der Waals surface area contributed by atoms with E-state index in [1.807, 2.05) is 0 Å². The Hall–Kier alpha value is -2.29. The molecular weight excluding hydrogens is 289 g/mol. The highest BCUT2D eigenvalue weighted by Crippen LogP contribution is 2.15. The van der Waals surface area contributed by atoms with Gasteiger partial charge in [-0.1, -0.05) is 5.21 Å². The Balaban J connectivity index is 2.27. The number of benzene rings is 1. The van der Waals surface area contributed by atoms with E-state index in [9.17, 15) is 17.1 Å². The van der Waals surface area contributed by atoms with Gasteiger partial charge in [0.05, 0.1) is 23.4 Å². The van der Waals surface area contributed by atoms with E-state index in [4.69, 9.17) is 4.74 Å². The monoisotopic (exact) mass is 299 g/mol. The molecule has 20 heavy (non-hydrogen) atoms. The number of nitrogens with zero attached hydrogens (tertiary/aromatic N) is 3. The van der Waals surface area contributed by atoms with Gasteiger partial charge in [0.1, 0.15) is 0 Å². The van der Waals surface area contributed by atoms with Crippen molar-refractivity contribution in [2.45, 2.75) is 11.8 Å². The Kier molecular flexibility index (Phi) is 3.79. The van der Waals surface area contributed by atoms with Gasteiger partial charge < -0.3 is 4.74 Å². The van der Waals surface area contributed by atoms with E-state index in [0.717, 1.165) is 12.1 Å². The molecule has 1 aromatic carbocycles. The summed E-state index contributed by atoms with van der Waals surface area (Å²) in [5.41, 5.74) is 0.453. The lowest BCUT2D eigenvalue weighted by Gasteiger charge is -2.00. The number of hydrogen-bond acceptors (Lipinski definition) is 6. The number of carbonyl (C=O) groups excluding carboxylic acids is 1. The lowest BCUT2D eigenvalue weighted by atomic mass is 10.3. The van der Waals surface area contributed by atoms with E-state index >= 15 is 0 Å². The number of halogens is 1. The second-order valence-electron chi connectivity index (χ2n) is 3.70. The van der Waals surface area contributed by atoms with Crippen molar-refractivity contribution in [3.8, 4) is 5.69 Å². The van der Waals surface area contributed by atoms with Gasteiger partial charge >= 0.3 is 16.2 Å². The topological polar surface area (TPSA) is 91.2 Å². The molecule has 0 aliphatic heterocycles. The summed E-state index contributed by atoms with van der Waals surface area (Å²) in [6, 6.07) is 4.87. The second-order valence-corrected chi connectivity index (χ2v) is 5.05. The molecule has 2 rings (SSSR count). The van der Waals surface area contributed by atoms with Crippen LogP contribution in [0.3, 0.4) is 0 Å². The first-order chi connectivity index (χ1) is 9.41. The molecular formula is C11H10FN3O4S. The van der Waals surface area contributed by atoms with Crippen LogP contribution in [0.5, 0.6) is 0 Å². The van der Waals surface area contributed by atoms with Crippen molar-refractivity contribution in [3.63, 3.8) is 0 Å². The predicted molar refractivity (Wildman–Crippen MR) is 65.6 cm³/mol. The fourth-order valence-corrected chi connectivity index (χ4v) is 1.91. The lowest BCUT2D eigenvalue weighted by molar-refractivity contribution is 0.0519. The zero-order valence-corrected chi connectivity index (χ0v) is 11.2. The van der Waals surface area contributed by atoms with Gasteiger partial charge in [-0.05, 0) is 31.2 Å². The smallest absolute Gasteiger partial charge is 0.360 e. The van der Waals surface area contributed by atoms with Crippen LogP contribution in [-0.2, 0) is 15.0 Å². The highest BCUT2D eigenvalue weighted by molar-refractivity contribution is 7.86. The summed E-state index contributed by atoms with van der Waals surface area (Å²) < 4.78 is 40.1. The summed E-state index contributed by atoms with van der Waals surface area (Å²) in [6.07, 6.45) is 1.33. The van der Waals surface area contributed by atoms with Gasteiger partial charge in [0.15, 0.2) is 5.69 Å². The normalized spacial score (nSPS) is 11.3. The molecule has 0 N–H and O–H groups in total. The van der Waals surface area contributed by atoms with Gasteiger partial charge in [-0.15, -0.1) is 8.98 Å². The molecule has 7 nitrogen and oxygen atoms in total. The highest BCUT2D eigenvalue weighted by Gasteiger charge is 2.14. The summed E-state index contributed by atoms with van der Waals surface area (Å²) in [4.78, 5) is 11.0. The van der Waals surface area contributed by atoms with Gasteiger partial charge in [0, 0.05) is 0 Å². The first-order valence-corrected chi connectivity index (χ1v) is 6.94. The van der Waals surface area contributed by atoms with Crippen LogP contribution in [0.25, 0.3) is 5.69 Å². The maximum atomic E-state index is 12.7. The van der Waals surface area contributed by atoms with E-state index in [0.29, 0.717) is 5.69 Å². The first-order valence-electron chi connectivity index (χ1n) is 5.56. The van der Waals surface area contributed by atoms with Crippen molar-refractivity contribution in [2.75, 3.05) is 6.61 Å². The molecule has 0 aliphatic carbocycles. The van der Waals surface area contributed by atoms with Gasteiger partial charge in [-0.25, -0.2) is 9.48 Å². The molecule has 1 heterocycles. The largest absolute Gasteiger partial charge is 0.461 e. The number of ether oxygens (including phenoxy) is 1. The molecule has 0 amide bonds. The summed E-state index contributed by atoms with van der Waals surface area (Å²) in [6.45, 7) is 1.88. The quantitative estimate of drug-likeness (QED) is 0.620. The van der Waals surface area contributed by atoms with Crippen LogP contribution in [0.1, 0.15) is 17.4 Å². The fraction of sp³-hybridized carbons (Fsp3) is 0.182. The van der Waals surface area contributed by atoms with Gasteiger partial charge in [0.25, 0.3) is 0 Å². The van der Waals surface area contributed by atoms with Gasteiger partial charge in [0.2, 0.25) is 0 Å². The van der Waals surface area contributed by atoms with Crippen LogP contribution in [-0.4, -0.2) is 36.0 Å². The van der Waals surface area contributed by atoms with Crippen LogP contribution in [0.4, 0.5) is 3.89 Å². The summed E-state index contributed by atoms with van der Waals surface area (Å²) >= 11 is 0. The van der Waals surface area contributed by atoms with Crippen LogP contribution < -0.4 is 0 Å². The molecule has 0 radical (unpaired) electrons. The molecule has 106 valence electrons. The molecule has 1 aromatic heterocycles. The van der Waals surface area contributed by atoms with Crippen molar-refractivity contribution >= 4 is 16.2 Å². The molecule has 0 saturated heterocycles. The molecule has 0 fully saturated rings. The standard InChI is InChI=1S/C11H10FN3O4S/c1-2-19-11(16)10-7-15(14-13-10)8-3-5-9(6-4-8)20(12,17)18/h3-7H,2H2,1H3. The third-order valence-electron chi connectivity index (χ3n) is 2.36. The van der Waals surface area contributed by atoms with E-state index in [-0.39, 0.29) is 12.3 Å². The average Bonchev–Trinajstić information content (AvgIpc) is 2.88. The average molecular weight is 299 g/mol. The minimum absolute atomic E-state index is 0.0223. The maximum Gasteiger partial charge on any atom is 0.360 e. The Morgan fingerprint density at radius 1 is 1.35 bits per heavy atom. The maximum absolute atomic E-state index is 12.7. The van der Waals surface area contributed by atoms with E-state index in [1.165, 1.54) is 23.0 Å². The Bertz CT molecular complexity index is 724. The minimum Gasteiger partial charge on any atom is -0.461 e. The lowest BCUT2D eigenvalue weighted by Crippen LogP contribution is -2.04. The van der Waals surface area contributed by atoms with Crippen LogP contribution in [0.2, 0.25) is 0 Å². The third kappa shape index (κ3) is 2.99. The Morgan fingerprint density at radius 3 is 2.55 bits per heavy atom. The van der Waals surface area contributed by atoms with Crippen molar-refractivity contribution < 1.29 is 21.8 Å². The highest BCUT2D eigenvalue weighted by atomic mass is 32.3. The number of aromatic nitrogens is 3. The number of carbonyl (C=O) groups is 1. The molecule has 0 spiro atoms. The second kappa shape index (κ2) is 5.37. The van der Waals surface area contributed by atoms with Gasteiger partial charge in [-0.3, -0.25) is 0 Å². The molecule has 0 bridgehead atoms. The van der Waals surface area contributed by atoms with Crippen LogP contribution in [0, 0.1) is 0 Å². The molecule has 0 saturated carbocycles. The van der Waals surface area contributed by atoms with E-state index in [2.05, 4.69) is 10.3 Å². The number of esters is 1. The predicted octanol–water partition coefficient (Wildman–Crippen LogP) is 1.10. The molecule has 0 atom stereocenters. The fourth-order valence-electron chi connectivity index (χ4n) is 1.45. The van der Waals surface area contributed by atoms with Crippen molar-refractivity contribution in [1.82, 2.24) is 15.0 Å². The first kappa shape index (κ1) is 14.1. The number of hydrogen-bond donors (Lipinski definition) is 0. The summed E-state index contributed by atoms with van der Waals surface area (Å²) in [5, 5.41) is 7.33.